The van der Waals surface area contributed by atoms with Crippen LogP contribution in [0.15, 0.2) is 69.9 Å². The van der Waals surface area contributed by atoms with Gasteiger partial charge in [-0.2, -0.15) is 0 Å². The molecule has 0 aromatic carbocycles. The molecule has 4 N–H and O–H groups in total. The largest absolute Gasteiger partial charge is 0.549 e. The van der Waals surface area contributed by atoms with Crippen molar-refractivity contribution in [1.29, 1.82) is 0 Å². The molecule has 0 bridgehead atoms. The first-order chi connectivity index (χ1) is 29.7. The van der Waals surface area contributed by atoms with Crippen molar-refractivity contribution in [3.63, 3.8) is 0 Å². The molecule has 0 aliphatic carbocycles. The van der Waals surface area contributed by atoms with Gasteiger partial charge in [-0.1, -0.05) is 12.8 Å². The van der Waals surface area contributed by atoms with E-state index < -0.39 is 56.1 Å². The Morgan fingerprint density at radius 2 is 1.06 bits per heavy atom. The van der Waals surface area contributed by atoms with Gasteiger partial charge in [-0.3, -0.25) is 34.3 Å². The summed E-state index contributed by atoms with van der Waals surface area (Å²) in [5.74, 6) is -5.46. The van der Waals surface area contributed by atoms with Gasteiger partial charge in [-0.05, 0) is 74.3 Å². The van der Waals surface area contributed by atoms with Gasteiger partial charge in [0.25, 0.3) is 0 Å². The molecule has 2 amide bonds. The summed E-state index contributed by atoms with van der Waals surface area (Å²) in [6, 6.07) is 13.0. The second kappa shape index (κ2) is 24.7. The minimum absolute atomic E-state index is 0.119. The number of nitrogens with zero attached hydrogens (tertiary/aromatic N) is 5. The van der Waals surface area contributed by atoms with Crippen molar-refractivity contribution in [1.82, 2.24) is 35.3 Å². The monoisotopic (exact) mass is 858 g/mol. The van der Waals surface area contributed by atoms with Gasteiger partial charge < -0.3 is 64.8 Å². The molecule has 334 valence electrons. The van der Waals surface area contributed by atoms with E-state index in [1.54, 1.807) is 48.5 Å². The number of nitrogens with one attached hydrogen (secondary N) is 2. The van der Waals surface area contributed by atoms with Crippen LogP contribution in [0, 0.1) is 0 Å². The fourth-order valence-electron chi connectivity index (χ4n) is 6.72. The summed E-state index contributed by atoms with van der Waals surface area (Å²) in [6.07, 6.45) is 6.26. The highest BCUT2D eigenvalue weighted by molar-refractivity contribution is 5.82. The molecule has 1 unspecified atom stereocenters. The van der Waals surface area contributed by atoms with Gasteiger partial charge in [-0.25, -0.2) is 0 Å². The van der Waals surface area contributed by atoms with E-state index in [1.807, 2.05) is 0 Å². The molecule has 0 radical (unpaired) electrons. The van der Waals surface area contributed by atoms with E-state index in [1.165, 1.54) is 19.6 Å². The molecule has 0 spiro atoms. The molecule has 20 nitrogen and oxygen atoms in total. The number of amides is 2. The number of carboxylic acid groups (broad SMARTS) is 4. The summed E-state index contributed by atoms with van der Waals surface area (Å²) in [7, 11) is 1.48. The molecule has 0 fully saturated rings. The van der Waals surface area contributed by atoms with Gasteiger partial charge in [0.05, 0.1) is 65.2 Å². The molecule has 1 atom stereocenters. The lowest BCUT2D eigenvalue weighted by Crippen LogP contribution is -2.43. The third kappa shape index (κ3) is 17.2. The number of rotatable bonds is 29. The van der Waals surface area contributed by atoms with Crippen molar-refractivity contribution < 1.29 is 58.0 Å². The topological polar surface area (TPSA) is 307 Å². The Hall–Kier alpha value is -6.48. The van der Waals surface area contributed by atoms with Crippen LogP contribution in [0.1, 0.15) is 61.3 Å². The van der Waals surface area contributed by atoms with Crippen LogP contribution >= 0.6 is 0 Å². The number of hydrogen-bond acceptors (Lipinski definition) is 18. The number of carbonyl (C=O) groups is 6. The Balaban J connectivity index is 1.59. The molecule has 4 rings (SSSR count). The summed E-state index contributed by atoms with van der Waals surface area (Å²) in [5.41, 5.74) is 8.77. The third-order valence-electron chi connectivity index (χ3n) is 9.42. The third-order valence-corrected chi connectivity index (χ3v) is 9.42. The Bertz CT molecular complexity index is 1940. The number of carboxylic acids is 4. The van der Waals surface area contributed by atoms with Crippen LogP contribution in [0.5, 0.6) is 0 Å². The van der Waals surface area contributed by atoms with E-state index in [4.69, 9.17) is 24.5 Å². The van der Waals surface area contributed by atoms with Gasteiger partial charge in [0.2, 0.25) is 11.8 Å². The van der Waals surface area contributed by atoms with Crippen molar-refractivity contribution in [2.75, 3.05) is 46.3 Å². The lowest BCUT2D eigenvalue weighted by atomic mass is 10.1. The molecule has 4 aromatic rings. The van der Waals surface area contributed by atoms with Crippen LogP contribution in [-0.4, -0.2) is 113 Å². The van der Waals surface area contributed by atoms with E-state index >= 15 is 0 Å². The van der Waals surface area contributed by atoms with Crippen molar-refractivity contribution in [3.05, 3.63) is 83.8 Å². The number of nitrogens with two attached hydrogens (primary N) is 1. The zero-order valence-corrected chi connectivity index (χ0v) is 34.4. The number of carbonyl (C=O) groups excluding carboxylic acids is 6. The maximum absolute atomic E-state index is 12.3. The summed E-state index contributed by atoms with van der Waals surface area (Å²) < 4.78 is 11.3. The summed E-state index contributed by atoms with van der Waals surface area (Å²) in [6.45, 7) is -1.64. The normalized spacial score (nSPS) is 11.8. The molecular weight excluding hydrogens is 809 g/mol. The highest BCUT2D eigenvalue weighted by Gasteiger charge is 2.18. The number of aliphatic carboxylic acids is 4. The average molecular weight is 859 g/mol. The Kier molecular flexibility index (Phi) is 19.2. The van der Waals surface area contributed by atoms with Crippen LogP contribution < -0.4 is 36.8 Å². The maximum atomic E-state index is 12.3. The first-order valence-corrected chi connectivity index (χ1v) is 19.9. The van der Waals surface area contributed by atoms with Crippen LogP contribution in [0.4, 0.5) is 0 Å². The lowest BCUT2D eigenvalue weighted by Gasteiger charge is -2.25. The highest BCUT2D eigenvalue weighted by atomic mass is 16.4. The lowest BCUT2D eigenvalue weighted by molar-refractivity contribution is -0.313. The molecule has 4 aromatic heterocycles. The molecular formula is C42H50N8O12-4. The van der Waals surface area contributed by atoms with Crippen molar-refractivity contribution in [2.24, 2.45) is 5.73 Å². The average Bonchev–Trinajstić information content (AvgIpc) is 3.94. The standard InChI is InChI=1S/C42H54N8O12/c1-44-42(60)34(43)10-11-37(51)45-12-4-2-3-5-13-48(20-30-16-28(35-8-6-14-61-35)18-32(46-30)22-49(24-38(52)53)25-39(54)55)21-31-17-29(36-9-7-15-62-36)19-33(47-31)23-50(26-40(56)57)27-41(58)59/h6-9,14-19,34H,2-5,10-13,20-27,43H2,1H3,(H,44,60)(H,45,51)(H,52,53)(H,54,55)(H,56,57)(H,58,59)/p-4. The van der Waals surface area contributed by atoms with Crippen LogP contribution in [0.3, 0.4) is 0 Å². The van der Waals surface area contributed by atoms with Crippen molar-refractivity contribution in [2.45, 2.75) is 70.7 Å². The Morgan fingerprint density at radius 3 is 1.45 bits per heavy atom. The minimum Gasteiger partial charge on any atom is -0.549 e. The quantitative estimate of drug-likeness (QED) is 0.0462. The van der Waals surface area contributed by atoms with Crippen molar-refractivity contribution in [3.8, 4) is 22.6 Å². The number of aromatic nitrogens is 2. The summed E-state index contributed by atoms with van der Waals surface area (Å²) in [4.78, 5) is 83.7. The predicted molar refractivity (Wildman–Crippen MR) is 211 cm³/mol. The minimum atomic E-state index is -1.48. The summed E-state index contributed by atoms with van der Waals surface area (Å²) >= 11 is 0. The van der Waals surface area contributed by atoms with E-state index in [2.05, 4.69) is 15.5 Å². The van der Waals surface area contributed by atoms with Gasteiger partial charge in [-0.15, -0.1) is 0 Å². The fraction of sp³-hybridized carbons (Fsp3) is 0.429. The maximum Gasteiger partial charge on any atom is 0.236 e. The molecule has 0 saturated heterocycles. The number of pyridine rings is 2. The smallest absolute Gasteiger partial charge is 0.236 e. The SMILES string of the molecule is CNC(=O)C(N)CCC(=O)NCCCCCCN(Cc1cc(-c2ccco2)cc(CN(CC(=O)[O-])CC(=O)[O-])n1)Cc1cc(-c2ccco2)cc(CN(CC(=O)[O-])CC(=O)[O-])n1. The van der Waals surface area contributed by atoms with Crippen molar-refractivity contribution >= 4 is 35.7 Å². The number of likely N-dealkylation sites (N-methyl/N-ethyl adjacent to an activating group) is 1. The first kappa shape index (κ1) is 48.2. The second-order valence-corrected chi connectivity index (χ2v) is 14.6. The van der Waals surface area contributed by atoms with E-state index in [-0.39, 0.29) is 50.8 Å². The zero-order valence-electron chi connectivity index (χ0n) is 34.4. The predicted octanol–water partition coefficient (Wildman–Crippen LogP) is -2.87. The number of unbranched alkanes of at least 4 members (excludes halogenated alkanes) is 3. The van der Waals surface area contributed by atoms with Crippen LogP contribution in [0.2, 0.25) is 0 Å². The first-order valence-electron chi connectivity index (χ1n) is 19.9. The van der Waals surface area contributed by atoms with Gasteiger partial charge in [0, 0.05) is 83.5 Å². The number of hydrogen-bond donors (Lipinski definition) is 3. The fourth-order valence-corrected chi connectivity index (χ4v) is 6.72. The zero-order chi connectivity index (χ0) is 45.0. The molecule has 4 heterocycles. The molecule has 0 aliphatic heterocycles. The van der Waals surface area contributed by atoms with Gasteiger partial charge >= 0.3 is 0 Å². The van der Waals surface area contributed by atoms with Gasteiger partial charge in [0.15, 0.2) is 0 Å². The number of furan rings is 2. The molecule has 20 heteroatoms. The highest BCUT2D eigenvalue weighted by Crippen LogP contribution is 2.26. The van der Waals surface area contributed by atoms with Gasteiger partial charge in [0.1, 0.15) is 11.5 Å². The van der Waals surface area contributed by atoms with Crippen LogP contribution in [-0.2, 0) is 54.9 Å². The van der Waals surface area contributed by atoms with Crippen LogP contribution in [0.25, 0.3) is 22.6 Å². The van der Waals surface area contributed by atoms with E-state index in [0.29, 0.717) is 71.4 Å². The Labute approximate surface area is 357 Å². The summed E-state index contributed by atoms with van der Waals surface area (Å²) in [5, 5.41) is 51.2. The molecule has 0 saturated carbocycles. The van der Waals surface area contributed by atoms with E-state index in [0.717, 1.165) is 22.6 Å². The molecule has 0 aliphatic rings. The van der Waals surface area contributed by atoms with E-state index in [9.17, 15) is 49.2 Å². The second-order valence-electron chi connectivity index (χ2n) is 14.6. The Morgan fingerprint density at radius 1 is 0.645 bits per heavy atom. The molecule has 62 heavy (non-hydrogen) atoms.